The van der Waals surface area contributed by atoms with Crippen molar-refractivity contribution in [1.82, 2.24) is 10.3 Å². The Morgan fingerprint density at radius 1 is 1.40 bits per heavy atom. The number of carboxylic acids is 1. The van der Waals surface area contributed by atoms with Crippen molar-refractivity contribution in [2.75, 3.05) is 5.32 Å². The summed E-state index contributed by atoms with van der Waals surface area (Å²) in [6.07, 6.45) is 0. The summed E-state index contributed by atoms with van der Waals surface area (Å²) in [6.45, 7) is 1.98. The molecular weight excluding hydrogens is 278 g/mol. The number of urea groups is 1. The quantitative estimate of drug-likeness (QED) is 0.807. The van der Waals surface area contributed by atoms with Gasteiger partial charge in [-0.1, -0.05) is 6.07 Å². The van der Waals surface area contributed by atoms with E-state index >= 15 is 0 Å². The molecule has 104 valence electrons. The number of anilines is 1. The van der Waals surface area contributed by atoms with E-state index in [0.717, 1.165) is 5.69 Å². The molecule has 0 aliphatic carbocycles. The third-order valence-electron chi connectivity index (χ3n) is 2.73. The molecule has 3 N–H and O–H groups in total. The number of hydrogen-bond donors (Lipinski definition) is 3. The van der Waals surface area contributed by atoms with Crippen molar-refractivity contribution in [3.63, 3.8) is 0 Å². The second-order valence-corrected chi connectivity index (χ2v) is 4.79. The summed E-state index contributed by atoms with van der Waals surface area (Å²) >= 11 is 1.45. The molecule has 20 heavy (non-hydrogen) atoms. The molecule has 2 rings (SSSR count). The lowest BCUT2D eigenvalue weighted by atomic mass is 10.1. The van der Waals surface area contributed by atoms with Crippen LogP contribution in [0.3, 0.4) is 0 Å². The van der Waals surface area contributed by atoms with Gasteiger partial charge < -0.3 is 15.7 Å². The first-order valence-corrected chi connectivity index (χ1v) is 6.77. The summed E-state index contributed by atoms with van der Waals surface area (Å²) in [4.78, 5) is 26.8. The first kappa shape index (κ1) is 14.0. The molecular formula is C13H13N3O3S. The number of nitrogens with zero attached hydrogens (tertiary/aromatic N) is 1. The lowest BCUT2D eigenvalue weighted by molar-refractivity contribution is 0.0696. The van der Waals surface area contributed by atoms with Crippen LogP contribution in [0.5, 0.6) is 0 Å². The number of thiazole rings is 1. The molecule has 0 fully saturated rings. The van der Waals surface area contributed by atoms with Crippen LogP contribution in [0, 0.1) is 6.92 Å². The number of rotatable bonds is 4. The molecule has 1 aromatic heterocycles. The number of aromatic nitrogens is 1. The molecule has 0 bridgehead atoms. The number of aromatic carboxylic acids is 1. The fourth-order valence-corrected chi connectivity index (χ4v) is 2.22. The molecule has 2 aromatic rings. The first-order chi connectivity index (χ1) is 9.58. The van der Waals surface area contributed by atoms with E-state index < -0.39 is 12.0 Å². The highest BCUT2D eigenvalue weighted by Gasteiger charge is 2.11. The average molecular weight is 291 g/mol. The maximum absolute atomic E-state index is 11.7. The number of benzene rings is 1. The van der Waals surface area contributed by atoms with Gasteiger partial charge in [0.2, 0.25) is 0 Å². The van der Waals surface area contributed by atoms with E-state index in [2.05, 4.69) is 15.6 Å². The molecule has 0 saturated carbocycles. The molecule has 0 radical (unpaired) electrons. The Morgan fingerprint density at radius 3 is 2.85 bits per heavy atom. The minimum atomic E-state index is -1.02. The Bertz CT molecular complexity index is 626. The van der Waals surface area contributed by atoms with Crippen LogP contribution >= 0.6 is 11.3 Å². The highest BCUT2D eigenvalue weighted by molar-refractivity contribution is 7.07. The van der Waals surface area contributed by atoms with Gasteiger partial charge in [-0.2, -0.15) is 0 Å². The van der Waals surface area contributed by atoms with E-state index in [1.54, 1.807) is 24.6 Å². The largest absolute Gasteiger partial charge is 0.478 e. The summed E-state index contributed by atoms with van der Waals surface area (Å²) in [7, 11) is 0. The Kier molecular flexibility index (Phi) is 4.31. The minimum absolute atomic E-state index is 0.169. The zero-order valence-electron chi connectivity index (χ0n) is 10.7. The number of amides is 2. The zero-order valence-corrected chi connectivity index (χ0v) is 11.5. The normalized spacial score (nSPS) is 10.1. The fraction of sp³-hybridized carbons (Fsp3) is 0.154. The molecule has 0 spiro atoms. The summed E-state index contributed by atoms with van der Waals surface area (Å²) in [5, 5.41) is 16.1. The molecule has 1 heterocycles. The van der Waals surface area contributed by atoms with E-state index in [1.807, 2.05) is 5.38 Å². The minimum Gasteiger partial charge on any atom is -0.478 e. The van der Waals surface area contributed by atoms with Gasteiger partial charge in [0, 0.05) is 11.1 Å². The number of carbonyl (C=O) groups is 2. The summed E-state index contributed by atoms with van der Waals surface area (Å²) in [5.41, 5.74) is 3.63. The van der Waals surface area contributed by atoms with Crippen LogP contribution in [0.4, 0.5) is 10.5 Å². The topological polar surface area (TPSA) is 91.3 Å². The summed E-state index contributed by atoms with van der Waals surface area (Å²) in [6, 6.07) is 4.34. The van der Waals surface area contributed by atoms with Gasteiger partial charge in [-0.3, -0.25) is 0 Å². The molecule has 0 aliphatic rings. The van der Waals surface area contributed by atoms with Gasteiger partial charge in [0.25, 0.3) is 0 Å². The van der Waals surface area contributed by atoms with E-state index in [9.17, 15) is 9.59 Å². The van der Waals surface area contributed by atoms with Crippen LogP contribution in [-0.4, -0.2) is 22.1 Å². The molecule has 2 amide bonds. The third-order valence-corrected chi connectivity index (χ3v) is 3.36. The lowest BCUT2D eigenvalue weighted by Crippen LogP contribution is -2.28. The van der Waals surface area contributed by atoms with Gasteiger partial charge in [0.15, 0.2) is 0 Å². The Labute approximate surface area is 119 Å². The third kappa shape index (κ3) is 3.33. The molecule has 0 unspecified atom stereocenters. The second-order valence-electron chi connectivity index (χ2n) is 4.07. The van der Waals surface area contributed by atoms with E-state index in [4.69, 9.17) is 5.11 Å². The monoisotopic (exact) mass is 291 g/mol. The van der Waals surface area contributed by atoms with Gasteiger partial charge in [0.05, 0.1) is 23.3 Å². The van der Waals surface area contributed by atoms with E-state index in [-0.39, 0.29) is 5.56 Å². The number of carboxylic acid groups (broad SMARTS) is 1. The van der Waals surface area contributed by atoms with Gasteiger partial charge in [-0.15, -0.1) is 11.3 Å². The maximum atomic E-state index is 11.7. The van der Waals surface area contributed by atoms with Crippen molar-refractivity contribution in [3.05, 3.63) is 45.9 Å². The molecule has 7 heteroatoms. The van der Waals surface area contributed by atoms with Crippen molar-refractivity contribution >= 4 is 29.0 Å². The van der Waals surface area contributed by atoms with Crippen LogP contribution in [0.15, 0.2) is 29.1 Å². The van der Waals surface area contributed by atoms with Crippen LogP contribution in [0.1, 0.15) is 21.6 Å². The zero-order chi connectivity index (χ0) is 14.5. The maximum Gasteiger partial charge on any atom is 0.336 e. The fourth-order valence-electron chi connectivity index (χ4n) is 1.66. The Hall–Kier alpha value is -2.41. The SMILES string of the molecule is Cc1c(NC(=O)NCc2cscn2)cccc1C(=O)O. The molecule has 0 atom stereocenters. The Balaban J connectivity index is 2.01. The van der Waals surface area contributed by atoms with Crippen molar-refractivity contribution < 1.29 is 14.7 Å². The van der Waals surface area contributed by atoms with Crippen molar-refractivity contribution in [1.29, 1.82) is 0 Å². The molecule has 6 nitrogen and oxygen atoms in total. The van der Waals surface area contributed by atoms with Crippen molar-refractivity contribution in [2.24, 2.45) is 0 Å². The standard InChI is InChI=1S/C13H13N3O3S/c1-8-10(12(17)18)3-2-4-11(8)16-13(19)14-5-9-6-20-7-15-9/h2-4,6-7H,5H2,1H3,(H,17,18)(H2,14,16,19). The van der Waals surface area contributed by atoms with E-state index in [0.29, 0.717) is 17.8 Å². The van der Waals surface area contributed by atoms with Crippen LogP contribution in [-0.2, 0) is 6.54 Å². The smallest absolute Gasteiger partial charge is 0.336 e. The Morgan fingerprint density at radius 2 is 2.20 bits per heavy atom. The summed E-state index contributed by atoms with van der Waals surface area (Å²) in [5.74, 6) is -1.02. The van der Waals surface area contributed by atoms with Gasteiger partial charge in [-0.05, 0) is 24.6 Å². The van der Waals surface area contributed by atoms with Crippen LogP contribution < -0.4 is 10.6 Å². The van der Waals surface area contributed by atoms with Crippen LogP contribution in [0.25, 0.3) is 0 Å². The molecule has 0 saturated heterocycles. The molecule has 1 aromatic carbocycles. The van der Waals surface area contributed by atoms with Gasteiger partial charge in [-0.25, -0.2) is 14.6 Å². The predicted molar refractivity (Wildman–Crippen MR) is 76.1 cm³/mol. The lowest BCUT2D eigenvalue weighted by Gasteiger charge is -2.10. The van der Waals surface area contributed by atoms with Crippen molar-refractivity contribution in [2.45, 2.75) is 13.5 Å². The average Bonchev–Trinajstić information content (AvgIpc) is 2.91. The van der Waals surface area contributed by atoms with Gasteiger partial charge in [0.1, 0.15) is 0 Å². The molecule has 0 aliphatic heterocycles. The number of carbonyl (C=O) groups excluding carboxylic acids is 1. The first-order valence-electron chi connectivity index (χ1n) is 5.82. The summed E-state index contributed by atoms with van der Waals surface area (Å²) < 4.78 is 0. The second kappa shape index (κ2) is 6.16. The number of hydrogen-bond acceptors (Lipinski definition) is 4. The highest BCUT2D eigenvalue weighted by Crippen LogP contribution is 2.18. The van der Waals surface area contributed by atoms with Gasteiger partial charge >= 0.3 is 12.0 Å². The highest BCUT2D eigenvalue weighted by atomic mass is 32.1. The van der Waals surface area contributed by atoms with E-state index in [1.165, 1.54) is 17.4 Å². The predicted octanol–water partition coefficient (Wildman–Crippen LogP) is 2.47. The van der Waals surface area contributed by atoms with Crippen LogP contribution in [0.2, 0.25) is 0 Å². The number of nitrogens with one attached hydrogen (secondary N) is 2. The van der Waals surface area contributed by atoms with Crippen molar-refractivity contribution in [3.8, 4) is 0 Å².